The Kier molecular flexibility index (Phi) is 4.02. The molecule has 2 aromatic rings. The third-order valence-electron chi connectivity index (χ3n) is 4.69. The molecule has 0 radical (unpaired) electrons. The average Bonchev–Trinajstić information content (AvgIpc) is 3.32. The number of hydrogen-bond acceptors (Lipinski definition) is 5. The molecule has 0 N–H and O–H groups in total. The van der Waals surface area contributed by atoms with Crippen LogP contribution in [0.5, 0.6) is 0 Å². The number of carbonyl (C=O) groups is 1. The maximum atomic E-state index is 12.7. The van der Waals surface area contributed by atoms with Gasteiger partial charge in [-0.2, -0.15) is 15.3 Å². The van der Waals surface area contributed by atoms with Gasteiger partial charge in [0.05, 0.1) is 30.3 Å². The van der Waals surface area contributed by atoms with Crippen LogP contribution in [0.2, 0.25) is 0 Å². The second-order valence-electron chi connectivity index (χ2n) is 6.67. The lowest BCUT2D eigenvalue weighted by Crippen LogP contribution is -2.39. The van der Waals surface area contributed by atoms with Crippen molar-refractivity contribution < 1.29 is 9.53 Å². The summed E-state index contributed by atoms with van der Waals surface area (Å²) in [5, 5.41) is 12.3. The zero-order chi connectivity index (χ0) is 16.5. The molecular formula is C17H21N5O2. The van der Waals surface area contributed by atoms with Gasteiger partial charge in [-0.3, -0.25) is 9.48 Å². The molecule has 1 fully saturated rings. The standard InChI is InChI=1S/C17H21N5O2/c1-24-11-15-9-21(17(23)13-4-5-18-19-6-13)8-14-10-22(20-16(14)15)7-12-2-3-12/h4-6,10,12,15H,2-3,7-9,11H2,1H3. The molecule has 1 amide bonds. The van der Waals surface area contributed by atoms with Gasteiger partial charge in [-0.1, -0.05) is 0 Å². The number of hydrogen-bond donors (Lipinski definition) is 0. The summed E-state index contributed by atoms with van der Waals surface area (Å²) in [4.78, 5) is 14.6. The molecule has 1 saturated carbocycles. The molecule has 1 unspecified atom stereocenters. The monoisotopic (exact) mass is 327 g/mol. The number of fused-ring (bicyclic) bond motifs is 1. The lowest BCUT2D eigenvalue weighted by atomic mass is 9.97. The SMILES string of the molecule is COCC1CN(C(=O)c2ccnnc2)Cc2cn(CC3CC3)nc21. The van der Waals surface area contributed by atoms with E-state index >= 15 is 0 Å². The summed E-state index contributed by atoms with van der Waals surface area (Å²) in [6.45, 7) is 2.74. The van der Waals surface area contributed by atoms with E-state index in [1.54, 1.807) is 19.4 Å². The van der Waals surface area contributed by atoms with Crippen molar-refractivity contribution in [3.63, 3.8) is 0 Å². The number of carbonyl (C=O) groups excluding carboxylic acids is 1. The summed E-state index contributed by atoms with van der Waals surface area (Å²) in [6, 6.07) is 1.70. The Hall–Kier alpha value is -2.28. The molecule has 4 rings (SSSR count). The van der Waals surface area contributed by atoms with Crippen molar-refractivity contribution in [1.82, 2.24) is 24.9 Å². The molecule has 0 spiro atoms. The highest BCUT2D eigenvalue weighted by molar-refractivity contribution is 5.93. The van der Waals surface area contributed by atoms with Crippen molar-refractivity contribution in [2.24, 2.45) is 5.92 Å². The molecule has 0 bridgehead atoms. The van der Waals surface area contributed by atoms with Gasteiger partial charge in [-0.25, -0.2) is 0 Å². The van der Waals surface area contributed by atoms with Crippen molar-refractivity contribution in [2.75, 3.05) is 20.3 Å². The van der Waals surface area contributed by atoms with Gasteiger partial charge in [0.2, 0.25) is 0 Å². The number of rotatable bonds is 5. The topological polar surface area (TPSA) is 73.1 Å². The lowest BCUT2D eigenvalue weighted by Gasteiger charge is -2.31. The van der Waals surface area contributed by atoms with Crippen LogP contribution in [0.1, 0.15) is 40.4 Å². The van der Waals surface area contributed by atoms with Crippen LogP contribution in [0.15, 0.2) is 24.7 Å². The van der Waals surface area contributed by atoms with Crippen LogP contribution in [0.4, 0.5) is 0 Å². The maximum Gasteiger partial charge on any atom is 0.255 e. The van der Waals surface area contributed by atoms with Crippen molar-refractivity contribution in [2.45, 2.75) is 31.8 Å². The minimum Gasteiger partial charge on any atom is -0.384 e. The summed E-state index contributed by atoms with van der Waals surface area (Å²) in [5.41, 5.74) is 2.77. The molecule has 24 heavy (non-hydrogen) atoms. The second kappa shape index (κ2) is 6.32. The molecule has 7 nitrogen and oxygen atoms in total. The molecule has 2 aliphatic rings. The molecule has 7 heteroatoms. The minimum atomic E-state index is -0.0217. The lowest BCUT2D eigenvalue weighted by molar-refractivity contribution is 0.0678. The fourth-order valence-corrected chi connectivity index (χ4v) is 3.31. The predicted molar refractivity (Wildman–Crippen MR) is 86.3 cm³/mol. The molecular weight excluding hydrogens is 306 g/mol. The van der Waals surface area contributed by atoms with Gasteiger partial charge < -0.3 is 9.64 Å². The van der Waals surface area contributed by atoms with E-state index in [0.717, 1.165) is 23.7 Å². The van der Waals surface area contributed by atoms with Gasteiger partial charge in [0, 0.05) is 44.4 Å². The van der Waals surface area contributed by atoms with Gasteiger partial charge in [0.15, 0.2) is 0 Å². The van der Waals surface area contributed by atoms with E-state index in [1.807, 2.05) is 9.58 Å². The van der Waals surface area contributed by atoms with Crippen LogP contribution in [-0.4, -0.2) is 51.0 Å². The number of ether oxygens (including phenoxy) is 1. The van der Waals surface area contributed by atoms with Gasteiger partial charge in [-0.15, -0.1) is 0 Å². The molecule has 1 aliphatic carbocycles. The van der Waals surface area contributed by atoms with Gasteiger partial charge in [0.25, 0.3) is 5.91 Å². The fourth-order valence-electron chi connectivity index (χ4n) is 3.31. The first-order valence-electron chi connectivity index (χ1n) is 8.35. The Balaban J connectivity index is 1.58. The minimum absolute atomic E-state index is 0.0217. The largest absolute Gasteiger partial charge is 0.384 e. The normalized spacial score (nSPS) is 20.0. The van der Waals surface area contributed by atoms with Crippen LogP contribution in [-0.2, 0) is 17.8 Å². The highest BCUT2D eigenvalue weighted by atomic mass is 16.5. The third kappa shape index (κ3) is 3.03. The van der Waals surface area contributed by atoms with Gasteiger partial charge >= 0.3 is 0 Å². The molecule has 1 atom stereocenters. The van der Waals surface area contributed by atoms with Crippen molar-refractivity contribution in [3.8, 4) is 0 Å². The average molecular weight is 327 g/mol. The Morgan fingerprint density at radius 2 is 2.25 bits per heavy atom. The molecule has 1 aliphatic heterocycles. The van der Waals surface area contributed by atoms with Crippen LogP contribution < -0.4 is 0 Å². The highest BCUT2D eigenvalue weighted by Crippen LogP contribution is 2.33. The van der Waals surface area contributed by atoms with E-state index in [0.29, 0.717) is 25.3 Å². The molecule has 0 saturated heterocycles. The van der Waals surface area contributed by atoms with Crippen molar-refractivity contribution in [1.29, 1.82) is 0 Å². The summed E-state index contributed by atoms with van der Waals surface area (Å²) in [6.07, 6.45) is 7.75. The summed E-state index contributed by atoms with van der Waals surface area (Å²) in [7, 11) is 1.69. The van der Waals surface area contributed by atoms with E-state index < -0.39 is 0 Å². The first-order chi connectivity index (χ1) is 11.7. The molecule has 0 aromatic carbocycles. The molecule has 3 heterocycles. The number of nitrogens with zero attached hydrogens (tertiary/aromatic N) is 5. The Morgan fingerprint density at radius 3 is 2.96 bits per heavy atom. The summed E-state index contributed by atoms with van der Waals surface area (Å²) >= 11 is 0. The highest BCUT2D eigenvalue weighted by Gasteiger charge is 2.32. The van der Waals surface area contributed by atoms with Gasteiger partial charge in [0.1, 0.15) is 0 Å². The van der Waals surface area contributed by atoms with E-state index in [4.69, 9.17) is 9.84 Å². The zero-order valence-corrected chi connectivity index (χ0v) is 13.8. The molecule has 126 valence electrons. The predicted octanol–water partition coefficient (Wildman–Crippen LogP) is 1.47. The Morgan fingerprint density at radius 1 is 1.38 bits per heavy atom. The van der Waals surface area contributed by atoms with E-state index in [1.165, 1.54) is 19.0 Å². The first kappa shape index (κ1) is 15.3. The van der Waals surface area contributed by atoms with Crippen LogP contribution in [0.3, 0.4) is 0 Å². The molecule has 2 aromatic heterocycles. The van der Waals surface area contributed by atoms with Crippen molar-refractivity contribution in [3.05, 3.63) is 41.5 Å². The smallest absolute Gasteiger partial charge is 0.255 e. The first-order valence-corrected chi connectivity index (χ1v) is 8.35. The van der Waals surface area contributed by atoms with E-state index in [2.05, 4.69) is 16.4 Å². The fraction of sp³-hybridized carbons (Fsp3) is 0.529. The van der Waals surface area contributed by atoms with E-state index in [-0.39, 0.29) is 11.8 Å². The zero-order valence-electron chi connectivity index (χ0n) is 13.8. The summed E-state index contributed by atoms with van der Waals surface area (Å²) in [5.74, 6) is 0.859. The second-order valence-corrected chi connectivity index (χ2v) is 6.67. The van der Waals surface area contributed by atoms with Crippen LogP contribution >= 0.6 is 0 Å². The van der Waals surface area contributed by atoms with Crippen molar-refractivity contribution >= 4 is 5.91 Å². The van der Waals surface area contributed by atoms with Gasteiger partial charge in [-0.05, 0) is 24.8 Å². The van der Waals surface area contributed by atoms with Crippen LogP contribution in [0.25, 0.3) is 0 Å². The Labute approximate surface area is 140 Å². The third-order valence-corrected chi connectivity index (χ3v) is 4.69. The quantitative estimate of drug-likeness (QED) is 0.831. The van der Waals surface area contributed by atoms with E-state index in [9.17, 15) is 4.79 Å². The Bertz CT molecular complexity index is 726. The number of amides is 1. The summed E-state index contributed by atoms with van der Waals surface area (Å²) < 4.78 is 7.41. The van der Waals surface area contributed by atoms with Crippen LogP contribution in [0, 0.1) is 5.92 Å². The number of methoxy groups -OCH3 is 1. The maximum absolute atomic E-state index is 12.7. The number of aromatic nitrogens is 4.